The van der Waals surface area contributed by atoms with E-state index in [1.807, 2.05) is 0 Å². The zero-order valence-electron chi connectivity index (χ0n) is 13.0. The summed E-state index contributed by atoms with van der Waals surface area (Å²) in [4.78, 5) is 11.9. The van der Waals surface area contributed by atoms with E-state index in [0.717, 1.165) is 32.1 Å². The summed E-state index contributed by atoms with van der Waals surface area (Å²) in [5.74, 6) is -0.897. The minimum Gasteiger partial charge on any atom is -0.462 e. The van der Waals surface area contributed by atoms with Crippen LogP contribution in [-0.4, -0.2) is 17.0 Å². The van der Waals surface area contributed by atoms with Crippen LogP contribution >= 0.6 is 58.0 Å². The fourth-order valence-corrected chi connectivity index (χ4v) is 2.82. The molecule has 1 aromatic rings. The largest absolute Gasteiger partial charge is 0.462 e. The Morgan fingerprint density at radius 2 is 1.67 bits per heavy atom. The predicted molar refractivity (Wildman–Crippen MR) is 100 cm³/mol. The Bertz CT molecular complexity index is 570. The van der Waals surface area contributed by atoms with Crippen LogP contribution in [0.15, 0.2) is 22.4 Å². The topological polar surface area (TPSA) is 51.0 Å². The maximum absolute atomic E-state index is 11.9. The molecular formula is C15H17Cl5N2O2. The number of hydrogen-bond donors (Lipinski definition) is 0. The van der Waals surface area contributed by atoms with Crippen LogP contribution in [0.5, 0.6) is 0 Å². The zero-order valence-corrected chi connectivity index (χ0v) is 16.8. The van der Waals surface area contributed by atoms with Crippen molar-refractivity contribution in [3.8, 4) is 0 Å². The van der Waals surface area contributed by atoms with Crippen LogP contribution in [0.4, 0.5) is 5.69 Å². The molecule has 0 aliphatic rings. The van der Waals surface area contributed by atoms with Gasteiger partial charge in [-0.25, -0.2) is 4.79 Å². The lowest BCUT2D eigenvalue weighted by Gasteiger charge is -2.12. The minimum absolute atomic E-state index is 0.112. The molecule has 4 nitrogen and oxygen atoms in total. The first-order valence-corrected chi connectivity index (χ1v) is 9.29. The van der Waals surface area contributed by atoms with Crippen molar-refractivity contribution in [3.05, 3.63) is 27.2 Å². The average molecular weight is 435 g/mol. The normalized spacial score (nSPS) is 11.9. The Balaban J connectivity index is 2.60. The number of nitrogens with zero attached hydrogens (tertiary/aromatic N) is 2. The molecule has 134 valence electrons. The number of alkyl halides is 2. The molecular weight excluding hydrogens is 417 g/mol. The molecule has 1 rings (SSSR count). The number of carbonyl (C=O) groups excluding carboxylic acids is 1. The van der Waals surface area contributed by atoms with Gasteiger partial charge in [-0.1, -0.05) is 90.6 Å². The summed E-state index contributed by atoms with van der Waals surface area (Å²) in [7, 11) is 0. The van der Waals surface area contributed by atoms with Crippen LogP contribution < -0.4 is 0 Å². The van der Waals surface area contributed by atoms with E-state index in [1.165, 1.54) is 12.1 Å². The Labute approximate surface area is 166 Å². The number of halogens is 5. The van der Waals surface area contributed by atoms with E-state index in [9.17, 15) is 4.79 Å². The van der Waals surface area contributed by atoms with Crippen molar-refractivity contribution in [3.63, 3.8) is 0 Å². The quantitative estimate of drug-likeness (QED) is 0.134. The predicted octanol–water partition coefficient (Wildman–Crippen LogP) is 7.38. The van der Waals surface area contributed by atoms with Gasteiger partial charge >= 0.3 is 10.4 Å². The minimum atomic E-state index is -2.17. The molecule has 0 atom stereocenters. The lowest BCUT2D eigenvalue weighted by molar-refractivity contribution is -0.144. The number of azo groups is 1. The van der Waals surface area contributed by atoms with E-state index < -0.39 is 10.4 Å². The smallest absolute Gasteiger partial charge is 0.367 e. The second kappa shape index (κ2) is 10.7. The van der Waals surface area contributed by atoms with Crippen molar-refractivity contribution in [2.24, 2.45) is 10.2 Å². The summed E-state index contributed by atoms with van der Waals surface area (Å²) >= 11 is 29.4. The third kappa shape index (κ3) is 7.32. The number of ether oxygens (including phenoxy) is 1. The molecule has 9 heteroatoms. The monoisotopic (exact) mass is 432 g/mol. The summed E-state index contributed by atoms with van der Waals surface area (Å²) in [6.45, 7) is 2.35. The summed E-state index contributed by atoms with van der Waals surface area (Å²) < 4.78 is 2.84. The van der Waals surface area contributed by atoms with Gasteiger partial charge in [0.15, 0.2) is 0 Å². The van der Waals surface area contributed by atoms with Gasteiger partial charge in [-0.3, -0.25) is 0 Å². The van der Waals surface area contributed by atoms with Gasteiger partial charge in [0.2, 0.25) is 0 Å². The molecule has 0 unspecified atom stereocenters. The average Bonchev–Trinajstić information content (AvgIpc) is 2.49. The van der Waals surface area contributed by atoms with E-state index in [2.05, 4.69) is 17.2 Å². The van der Waals surface area contributed by atoms with E-state index in [4.69, 9.17) is 62.7 Å². The summed E-state index contributed by atoms with van der Waals surface area (Å²) in [5.41, 5.74) is 0.112. The third-order valence-electron chi connectivity index (χ3n) is 2.98. The molecule has 0 N–H and O–H groups in total. The molecule has 0 bridgehead atoms. The number of unbranched alkanes of at least 4 members (excludes halogenated alkanes) is 4. The molecule has 1 aromatic carbocycles. The van der Waals surface area contributed by atoms with Gasteiger partial charge in [0, 0.05) is 5.02 Å². The van der Waals surface area contributed by atoms with Crippen LogP contribution in [0.2, 0.25) is 15.1 Å². The van der Waals surface area contributed by atoms with Crippen molar-refractivity contribution in [2.45, 2.75) is 43.5 Å². The first-order chi connectivity index (χ1) is 11.3. The first-order valence-electron chi connectivity index (χ1n) is 7.40. The van der Waals surface area contributed by atoms with Gasteiger partial charge < -0.3 is 4.74 Å². The zero-order chi connectivity index (χ0) is 18.2. The second-order valence-electron chi connectivity index (χ2n) is 5.01. The van der Waals surface area contributed by atoms with Crippen molar-refractivity contribution in [2.75, 3.05) is 6.61 Å². The maximum Gasteiger partial charge on any atom is 0.367 e. The highest BCUT2D eigenvalue weighted by Crippen LogP contribution is 2.37. The van der Waals surface area contributed by atoms with Gasteiger partial charge in [-0.05, 0) is 18.6 Å². The van der Waals surface area contributed by atoms with Crippen molar-refractivity contribution in [1.82, 2.24) is 0 Å². The van der Waals surface area contributed by atoms with E-state index in [1.54, 1.807) is 0 Å². The molecule has 0 aliphatic heterocycles. The summed E-state index contributed by atoms with van der Waals surface area (Å²) in [5, 5.41) is 7.98. The Morgan fingerprint density at radius 1 is 1.08 bits per heavy atom. The highest BCUT2D eigenvalue weighted by atomic mass is 35.5. The van der Waals surface area contributed by atoms with Gasteiger partial charge in [0.05, 0.1) is 16.7 Å². The SMILES string of the molecule is CCCCCCCOC(=O)C(Cl)(Cl)/N=N/c1c(Cl)cc(Cl)cc1Cl. The molecule has 0 amide bonds. The molecule has 0 heterocycles. The van der Waals surface area contributed by atoms with E-state index in [0.29, 0.717) is 5.02 Å². The Morgan fingerprint density at radius 3 is 2.25 bits per heavy atom. The van der Waals surface area contributed by atoms with Crippen LogP contribution in [0.1, 0.15) is 39.0 Å². The van der Waals surface area contributed by atoms with E-state index in [-0.39, 0.29) is 22.3 Å². The summed E-state index contributed by atoms with van der Waals surface area (Å²) in [6.07, 6.45) is 5.09. The lowest BCUT2D eigenvalue weighted by atomic mass is 10.2. The van der Waals surface area contributed by atoms with Crippen LogP contribution in [0, 0.1) is 0 Å². The fourth-order valence-electron chi connectivity index (χ4n) is 1.74. The fraction of sp³-hybridized carbons (Fsp3) is 0.533. The lowest BCUT2D eigenvalue weighted by Crippen LogP contribution is -2.26. The number of carbonyl (C=O) groups is 1. The number of esters is 1. The van der Waals surface area contributed by atoms with Gasteiger partial charge in [0.25, 0.3) is 0 Å². The van der Waals surface area contributed by atoms with Crippen molar-refractivity contribution in [1.29, 1.82) is 0 Å². The third-order valence-corrected chi connectivity index (χ3v) is 4.24. The van der Waals surface area contributed by atoms with Crippen molar-refractivity contribution < 1.29 is 9.53 Å². The number of benzene rings is 1. The van der Waals surface area contributed by atoms with Gasteiger partial charge in [0.1, 0.15) is 5.69 Å². The highest BCUT2D eigenvalue weighted by Gasteiger charge is 2.36. The van der Waals surface area contributed by atoms with Gasteiger partial charge in [-0.15, -0.1) is 10.2 Å². The van der Waals surface area contributed by atoms with Crippen molar-refractivity contribution >= 4 is 69.7 Å². The van der Waals surface area contributed by atoms with Crippen LogP contribution in [0.3, 0.4) is 0 Å². The van der Waals surface area contributed by atoms with Gasteiger partial charge in [-0.2, -0.15) is 0 Å². The molecule has 24 heavy (non-hydrogen) atoms. The summed E-state index contributed by atoms with van der Waals surface area (Å²) in [6, 6.07) is 2.87. The number of hydrogen-bond acceptors (Lipinski definition) is 4. The highest BCUT2D eigenvalue weighted by molar-refractivity contribution is 6.57. The first kappa shape index (κ1) is 21.8. The molecule has 0 radical (unpaired) electrons. The Hall–Kier alpha value is -0.260. The van der Waals surface area contributed by atoms with E-state index >= 15 is 0 Å². The molecule has 0 fully saturated rings. The number of rotatable bonds is 9. The second-order valence-corrected chi connectivity index (χ2v) is 7.55. The Kier molecular flexibility index (Phi) is 9.68. The van der Waals surface area contributed by atoms with Crippen LogP contribution in [0.25, 0.3) is 0 Å². The molecule has 0 aromatic heterocycles. The molecule has 0 spiro atoms. The molecule has 0 saturated heterocycles. The maximum atomic E-state index is 11.9. The standard InChI is InChI=1S/C15H17Cl5N2O2/c1-2-3-4-5-6-7-24-14(23)15(19,20)22-21-13-11(17)8-10(16)9-12(13)18/h8-9H,2-7H2,1H3/b22-21+. The molecule has 0 saturated carbocycles. The molecule has 0 aliphatic carbocycles. The van der Waals surface area contributed by atoms with Crippen LogP contribution in [-0.2, 0) is 9.53 Å².